The minimum atomic E-state index is -5.14. The molecule has 0 radical (unpaired) electrons. The molecule has 2 aliphatic carbocycles. The minimum Gasteiger partial charge on any atom is -0.493 e. The van der Waals surface area contributed by atoms with E-state index < -0.39 is 75.7 Å². The van der Waals surface area contributed by atoms with Gasteiger partial charge in [-0.15, -0.1) is 0 Å². The molecule has 29 heteroatoms. The van der Waals surface area contributed by atoms with Crippen LogP contribution >= 0.6 is 0 Å². The lowest BCUT2D eigenvalue weighted by Gasteiger charge is -2.42. The van der Waals surface area contributed by atoms with E-state index in [-0.39, 0.29) is 106 Å². The molecule has 15 rings (SSSR count). The second kappa shape index (κ2) is 36.5. The maximum atomic E-state index is 13.8. The van der Waals surface area contributed by atoms with Gasteiger partial charge >= 0.3 is 18.4 Å². The van der Waals surface area contributed by atoms with Crippen LogP contribution in [0.4, 0.5) is 35.9 Å². The fourth-order valence-electron chi connectivity index (χ4n) is 13.4. The number of carbonyl (C=O) groups excluding carboxylic acids is 4. The Morgan fingerprint density at radius 3 is 1.14 bits per heavy atom. The topological polar surface area (TPSA) is 327 Å². The third-order valence-corrected chi connectivity index (χ3v) is 21.4. The summed E-state index contributed by atoms with van der Waals surface area (Å²) in [7, 11) is 3.08. The molecule has 23 nitrogen and oxygen atoms in total. The number of methoxy groups -OCH3 is 2. The van der Waals surface area contributed by atoms with E-state index in [2.05, 4.69) is 20.6 Å². The van der Waals surface area contributed by atoms with E-state index in [9.17, 15) is 60.8 Å². The number of alkyl halides is 3. The first kappa shape index (κ1) is 86.2. The van der Waals surface area contributed by atoms with Crippen molar-refractivity contribution in [2.75, 3.05) is 60.4 Å². The molecule has 5 aliphatic rings. The summed E-state index contributed by atoms with van der Waals surface area (Å²) in [6.07, 6.45) is -1.82. The molecule has 3 unspecified atom stereocenters. The Bertz CT molecular complexity index is 5280. The predicted octanol–water partition coefficient (Wildman–Crippen LogP) is 14.7. The van der Waals surface area contributed by atoms with E-state index in [1.165, 1.54) is 49.6 Å². The Kier molecular flexibility index (Phi) is 26.2. The monoisotopic (exact) mass is 1650 g/mol. The number of benzene rings is 7. The van der Waals surface area contributed by atoms with Crippen molar-refractivity contribution in [2.45, 2.75) is 130 Å². The van der Waals surface area contributed by atoms with Crippen molar-refractivity contribution in [1.29, 1.82) is 0 Å². The summed E-state index contributed by atoms with van der Waals surface area (Å²) in [6, 6.07) is 54.9. The molecule has 2 amide bonds. The highest BCUT2D eigenvalue weighted by molar-refractivity contribution is 5.97. The first-order chi connectivity index (χ1) is 57.4. The lowest BCUT2D eigenvalue weighted by atomic mass is 9.84. The molecule has 7 aromatic carbocycles. The molecule has 3 aliphatic heterocycles. The number of halogens is 6. The van der Waals surface area contributed by atoms with Gasteiger partial charge in [0, 0.05) is 47.2 Å². The van der Waals surface area contributed by atoms with Crippen molar-refractivity contribution in [3.63, 3.8) is 0 Å². The summed E-state index contributed by atoms with van der Waals surface area (Å²) in [5.74, 6) is 0.614. The highest BCUT2D eigenvalue weighted by Gasteiger charge is 2.56. The van der Waals surface area contributed by atoms with E-state index in [0.29, 0.717) is 92.4 Å². The van der Waals surface area contributed by atoms with Crippen LogP contribution in [0.3, 0.4) is 0 Å². The molecule has 3 saturated heterocycles. The van der Waals surface area contributed by atoms with Crippen LogP contribution in [-0.4, -0.2) is 133 Å². The van der Waals surface area contributed by atoms with Crippen LogP contribution < -0.4 is 41.0 Å². The molecule has 0 bridgehead atoms. The average Bonchev–Trinajstić information content (AvgIpc) is 0.995. The Hall–Kier alpha value is -11.7. The zero-order chi connectivity index (χ0) is 85.2. The predicted molar refractivity (Wildman–Crippen MR) is 429 cm³/mol. The number of alkyl carbamates (subject to hydrolysis) is 2. The maximum absolute atomic E-state index is 13.8. The third-order valence-electron chi connectivity index (χ3n) is 21.4. The zero-order valence-corrected chi connectivity index (χ0v) is 66.2. The number of carbonyl (C=O) groups is 4. The number of aliphatic hydroxyl groups is 3. The minimum absolute atomic E-state index is 0.0179. The van der Waals surface area contributed by atoms with Crippen LogP contribution in [0.5, 0.6) is 23.0 Å². The van der Waals surface area contributed by atoms with Gasteiger partial charge in [-0.2, -0.15) is 13.2 Å². The summed E-state index contributed by atoms with van der Waals surface area (Å²) < 4.78 is 132. The summed E-state index contributed by atoms with van der Waals surface area (Å²) in [5, 5.41) is 39.3. The number of hydrogen-bond acceptors (Lipinski definition) is 21. The number of rotatable bonds is 30. The van der Waals surface area contributed by atoms with Gasteiger partial charge in [0.2, 0.25) is 5.60 Å². The molecule has 3 aromatic heterocycles. The highest BCUT2D eigenvalue weighted by atomic mass is 19.4. The molecule has 0 spiro atoms. The first-order valence-electron chi connectivity index (χ1n) is 38.9. The molecule has 2 saturated carbocycles. The number of nitrogens with zero attached hydrogens (tertiary/aromatic N) is 3. The second-order valence-corrected chi connectivity index (χ2v) is 30.9. The first-order valence-corrected chi connectivity index (χ1v) is 38.9. The van der Waals surface area contributed by atoms with Gasteiger partial charge in [-0.1, -0.05) is 60.7 Å². The standard InChI is InChI=1S/C37H37FN2O7.C29H31FN2O5.C25H23F4N3O4/c1-36(43,17-16-31(41)26-10-15-32(33(18-26)44-2)47-29-13-14-29)34-20-27(19-30(39-34)25-8-11-28(38)12-9-25)37(22-45-23-37)40-35(42)46-21-24-6-4-3-5-7-24;1-28(34,12-11-24(33)19-5-10-25(26(13-19)35-2)37-22-8-9-22)27-15-20(29(31)16-36-17-29)14-23(32-27)18-3-6-21(30)7-4-18;26-19-8-6-17(7-9-19)20-10-18(11-21(31-20)24(34,13-30)25(27,28)29)23(14-35-15-23)32-22(33)36-12-16-4-2-1-3-5-16/h3-12,15,18-20,29,43H,13-14,16-17,21-23H2,1-2H3,(H,40,42);3-7,10,13-15,22,34H,8-9,11-12,16-17,31H2,1-2H3;1-11,34H,12-15,30H2,(H,32,33). The molecular weight excluding hydrogens is 1560 g/mol. The summed E-state index contributed by atoms with van der Waals surface area (Å²) in [5.41, 5.74) is 9.20. The van der Waals surface area contributed by atoms with Crippen LogP contribution in [-0.2, 0) is 70.3 Å². The van der Waals surface area contributed by atoms with Crippen LogP contribution in [0.25, 0.3) is 33.8 Å². The zero-order valence-electron chi connectivity index (χ0n) is 66.2. The number of aromatic nitrogens is 3. The van der Waals surface area contributed by atoms with Gasteiger partial charge in [0.05, 0.1) is 106 Å². The molecular formula is C91H91F6N7O16. The van der Waals surface area contributed by atoms with Crippen LogP contribution in [0.1, 0.15) is 131 Å². The van der Waals surface area contributed by atoms with E-state index in [4.69, 9.17) is 59.1 Å². The summed E-state index contributed by atoms with van der Waals surface area (Å²) in [4.78, 5) is 65.3. The number of ketones is 2. The van der Waals surface area contributed by atoms with Crippen molar-refractivity contribution >= 4 is 23.8 Å². The number of pyridine rings is 3. The Balaban J connectivity index is 0.000000158. The van der Waals surface area contributed by atoms with Crippen molar-refractivity contribution in [3.8, 4) is 56.8 Å². The molecule has 10 aromatic rings. The maximum Gasteiger partial charge on any atom is 0.424 e. The highest BCUT2D eigenvalue weighted by Crippen LogP contribution is 2.44. The number of amides is 2. The van der Waals surface area contributed by atoms with Crippen molar-refractivity contribution < 1.29 is 103 Å². The number of nitrogens with one attached hydrogen (secondary N) is 2. The van der Waals surface area contributed by atoms with E-state index >= 15 is 0 Å². The summed E-state index contributed by atoms with van der Waals surface area (Å²) >= 11 is 0. The average molecular weight is 1650 g/mol. The smallest absolute Gasteiger partial charge is 0.424 e. The van der Waals surface area contributed by atoms with E-state index in [1.54, 1.807) is 124 Å². The van der Waals surface area contributed by atoms with Crippen molar-refractivity contribution in [1.82, 2.24) is 25.6 Å². The van der Waals surface area contributed by atoms with Gasteiger partial charge in [0.15, 0.2) is 34.6 Å². The Morgan fingerprint density at radius 1 is 0.467 bits per heavy atom. The Morgan fingerprint density at radius 2 is 0.817 bits per heavy atom. The fourth-order valence-corrected chi connectivity index (χ4v) is 13.4. The largest absolute Gasteiger partial charge is 0.493 e. The van der Waals surface area contributed by atoms with E-state index in [0.717, 1.165) is 60.6 Å². The normalized spacial score (nSPS) is 16.9. The number of Topliss-reactive ketones (excluding diaryl/α,β-unsaturated/α-hetero) is 2. The fraction of sp³-hybridized carbons (Fsp3) is 0.330. The van der Waals surface area contributed by atoms with Crippen LogP contribution in [0, 0.1) is 17.5 Å². The van der Waals surface area contributed by atoms with Crippen molar-refractivity contribution in [3.05, 3.63) is 280 Å². The van der Waals surface area contributed by atoms with Gasteiger partial charge in [0.1, 0.15) is 52.9 Å². The van der Waals surface area contributed by atoms with Gasteiger partial charge in [-0.3, -0.25) is 9.59 Å². The van der Waals surface area contributed by atoms with Gasteiger partial charge in [0.25, 0.3) is 0 Å². The molecule has 120 heavy (non-hydrogen) atoms. The molecule has 5 fully saturated rings. The summed E-state index contributed by atoms with van der Waals surface area (Å²) in [6.45, 7) is 3.03. The van der Waals surface area contributed by atoms with Gasteiger partial charge in [-0.05, 0) is 226 Å². The van der Waals surface area contributed by atoms with Crippen LogP contribution in [0.2, 0.25) is 0 Å². The SMILES string of the molecule is COc1cc(C(=O)CCC(C)(O)c2cc(C3(N)COC3)cc(-c3ccc(F)cc3)n2)ccc1OC1CC1.COc1cc(C(=O)CCC(C)(O)c2cc(C3(NC(=O)OCc4ccccc4)COC3)cc(-c3ccc(F)cc3)n2)ccc1OC1CC1.NCC(O)(c1cc(C2(NC(=O)OCc3ccccc3)COC2)cc(-c2ccc(F)cc2)n1)C(F)(F)F. The molecule has 3 atom stereocenters. The Labute approximate surface area is 688 Å². The van der Waals surface area contributed by atoms with Crippen molar-refractivity contribution in [2.24, 2.45) is 11.5 Å². The lowest BCUT2D eigenvalue weighted by molar-refractivity contribution is -0.263. The molecule has 9 N–H and O–H groups in total. The molecule has 628 valence electrons. The molecule has 6 heterocycles. The van der Waals surface area contributed by atoms with Crippen LogP contribution in [0.15, 0.2) is 206 Å². The lowest BCUT2D eigenvalue weighted by Crippen LogP contribution is -2.59. The number of ether oxygens (including phenoxy) is 9. The third kappa shape index (κ3) is 20.8. The number of hydrogen-bond donors (Lipinski definition) is 7. The van der Waals surface area contributed by atoms with E-state index in [1.807, 2.05) is 42.5 Å². The second-order valence-electron chi connectivity index (χ2n) is 30.9. The quantitative estimate of drug-likeness (QED) is 0.0162. The number of nitrogens with two attached hydrogens (primary N) is 2. The van der Waals surface area contributed by atoms with Gasteiger partial charge in [-0.25, -0.2) is 37.7 Å². The van der Waals surface area contributed by atoms with Gasteiger partial charge < -0.3 is 80.1 Å².